The summed E-state index contributed by atoms with van der Waals surface area (Å²) in [5.41, 5.74) is 3.11. The number of H-pyrrole nitrogens is 1. The molecule has 2 N–H and O–H groups in total. The molecule has 0 atom stereocenters. The van der Waals surface area contributed by atoms with Crippen LogP contribution in [0, 0.1) is 6.92 Å². The second-order valence-corrected chi connectivity index (χ2v) is 8.61. The summed E-state index contributed by atoms with van der Waals surface area (Å²) in [6.07, 6.45) is 0.233. The van der Waals surface area contributed by atoms with Crippen LogP contribution in [0.15, 0.2) is 58.7 Å². The predicted octanol–water partition coefficient (Wildman–Crippen LogP) is 4.30. The van der Waals surface area contributed by atoms with E-state index in [0.717, 1.165) is 16.0 Å². The van der Waals surface area contributed by atoms with E-state index in [-0.39, 0.29) is 29.8 Å². The Morgan fingerprint density at radius 3 is 2.74 bits per heavy atom. The standard InChI is InChI=1S/C23H23N5O2S/c1-14(2)17-13-22(30)26-23(24-17)28-20(12-18(27-28)19-8-5-9-31-19)25-21(29)11-16-7-4-6-15(3)10-16/h4-10,12-14H,11H2,1-3H3,(H,25,29)(H,24,26,30). The van der Waals surface area contributed by atoms with Crippen molar-refractivity contribution in [3.63, 3.8) is 0 Å². The van der Waals surface area contributed by atoms with Gasteiger partial charge >= 0.3 is 0 Å². The maximum absolute atomic E-state index is 12.8. The van der Waals surface area contributed by atoms with Gasteiger partial charge in [-0.2, -0.15) is 9.78 Å². The summed E-state index contributed by atoms with van der Waals surface area (Å²) >= 11 is 1.55. The van der Waals surface area contributed by atoms with Crippen molar-refractivity contribution in [3.8, 4) is 16.5 Å². The van der Waals surface area contributed by atoms with Crippen LogP contribution in [-0.2, 0) is 11.2 Å². The summed E-state index contributed by atoms with van der Waals surface area (Å²) in [6, 6.07) is 15.0. The minimum absolute atomic E-state index is 0.0766. The van der Waals surface area contributed by atoms with Gasteiger partial charge in [0, 0.05) is 12.1 Å². The first kappa shape index (κ1) is 20.7. The van der Waals surface area contributed by atoms with Crippen molar-refractivity contribution in [2.75, 3.05) is 5.32 Å². The molecular weight excluding hydrogens is 410 g/mol. The van der Waals surface area contributed by atoms with E-state index in [2.05, 4.69) is 20.4 Å². The van der Waals surface area contributed by atoms with Gasteiger partial charge in [-0.3, -0.25) is 14.6 Å². The average molecular weight is 434 g/mol. The molecule has 7 nitrogen and oxygen atoms in total. The zero-order valence-electron chi connectivity index (χ0n) is 17.5. The number of benzene rings is 1. The van der Waals surface area contributed by atoms with Crippen LogP contribution < -0.4 is 10.9 Å². The Morgan fingerprint density at radius 1 is 1.19 bits per heavy atom. The highest BCUT2D eigenvalue weighted by atomic mass is 32.1. The molecule has 0 spiro atoms. The van der Waals surface area contributed by atoms with Crippen LogP contribution in [-0.4, -0.2) is 25.7 Å². The van der Waals surface area contributed by atoms with Crippen molar-refractivity contribution < 1.29 is 4.79 Å². The van der Waals surface area contributed by atoms with Crippen molar-refractivity contribution in [2.45, 2.75) is 33.1 Å². The van der Waals surface area contributed by atoms with Gasteiger partial charge in [0.15, 0.2) is 0 Å². The van der Waals surface area contributed by atoms with Gasteiger partial charge in [0.25, 0.3) is 5.56 Å². The Bertz CT molecular complexity index is 1270. The topological polar surface area (TPSA) is 92.7 Å². The van der Waals surface area contributed by atoms with E-state index in [4.69, 9.17) is 0 Å². The fourth-order valence-electron chi connectivity index (χ4n) is 3.23. The summed E-state index contributed by atoms with van der Waals surface area (Å²) in [5.74, 6) is 0.620. The number of nitrogens with zero attached hydrogens (tertiary/aromatic N) is 3. The molecule has 158 valence electrons. The van der Waals surface area contributed by atoms with Crippen molar-refractivity contribution in [1.82, 2.24) is 19.7 Å². The number of hydrogen-bond acceptors (Lipinski definition) is 5. The molecule has 0 saturated carbocycles. The third kappa shape index (κ3) is 4.80. The van der Waals surface area contributed by atoms with E-state index >= 15 is 0 Å². The van der Waals surface area contributed by atoms with Crippen LogP contribution in [0.2, 0.25) is 0 Å². The van der Waals surface area contributed by atoms with Gasteiger partial charge in [0.1, 0.15) is 11.5 Å². The lowest BCUT2D eigenvalue weighted by Crippen LogP contribution is -2.20. The smallest absolute Gasteiger partial charge is 0.252 e. The van der Waals surface area contributed by atoms with E-state index in [1.165, 1.54) is 10.7 Å². The van der Waals surface area contributed by atoms with Gasteiger partial charge in [0.05, 0.1) is 17.0 Å². The van der Waals surface area contributed by atoms with Gasteiger partial charge in [0.2, 0.25) is 11.9 Å². The van der Waals surface area contributed by atoms with E-state index in [1.807, 2.05) is 62.5 Å². The quantitative estimate of drug-likeness (QED) is 0.474. The van der Waals surface area contributed by atoms with Crippen molar-refractivity contribution in [3.05, 3.63) is 81.1 Å². The third-order valence-electron chi connectivity index (χ3n) is 4.74. The number of anilines is 1. The molecule has 0 bridgehead atoms. The lowest BCUT2D eigenvalue weighted by Gasteiger charge is -2.10. The molecular formula is C23H23N5O2S. The first-order valence-electron chi connectivity index (χ1n) is 10.00. The number of aryl methyl sites for hydroxylation is 1. The molecule has 0 aliphatic carbocycles. The molecule has 0 unspecified atom stereocenters. The van der Waals surface area contributed by atoms with E-state index < -0.39 is 0 Å². The summed E-state index contributed by atoms with van der Waals surface area (Å²) in [7, 11) is 0. The van der Waals surface area contributed by atoms with Gasteiger partial charge in [-0.25, -0.2) is 4.98 Å². The molecule has 0 saturated heterocycles. The van der Waals surface area contributed by atoms with Crippen molar-refractivity contribution in [2.24, 2.45) is 0 Å². The third-order valence-corrected chi connectivity index (χ3v) is 5.63. The minimum Gasteiger partial charge on any atom is -0.310 e. The molecule has 1 aromatic carbocycles. The van der Waals surface area contributed by atoms with Crippen molar-refractivity contribution in [1.29, 1.82) is 0 Å². The molecule has 1 amide bonds. The fourth-order valence-corrected chi connectivity index (χ4v) is 3.91. The Kier molecular flexibility index (Phi) is 5.81. The maximum Gasteiger partial charge on any atom is 0.252 e. The zero-order chi connectivity index (χ0) is 22.0. The fraction of sp³-hybridized carbons (Fsp3) is 0.217. The van der Waals surface area contributed by atoms with E-state index in [1.54, 1.807) is 17.4 Å². The second-order valence-electron chi connectivity index (χ2n) is 7.67. The summed E-state index contributed by atoms with van der Waals surface area (Å²) < 4.78 is 1.48. The van der Waals surface area contributed by atoms with Gasteiger partial charge in [-0.1, -0.05) is 49.7 Å². The van der Waals surface area contributed by atoms with Gasteiger partial charge < -0.3 is 5.32 Å². The Balaban J connectivity index is 1.71. The van der Waals surface area contributed by atoms with E-state index in [0.29, 0.717) is 17.2 Å². The highest BCUT2D eigenvalue weighted by Gasteiger charge is 2.17. The predicted molar refractivity (Wildman–Crippen MR) is 123 cm³/mol. The summed E-state index contributed by atoms with van der Waals surface area (Å²) in [6.45, 7) is 5.93. The highest BCUT2D eigenvalue weighted by molar-refractivity contribution is 7.13. The Hall–Kier alpha value is -3.52. The lowest BCUT2D eigenvalue weighted by molar-refractivity contribution is -0.115. The van der Waals surface area contributed by atoms with Crippen LogP contribution in [0.3, 0.4) is 0 Å². The number of thiophene rings is 1. The molecule has 4 aromatic rings. The summed E-state index contributed by atoms with van der Waals surface area (Å²) in [4.78, 5) is 33.2. The number of hydrogen-bond donors (Lipinski definition) is 2. The lowest BCUT2D eigenvalue weighted by atomic mass is 10.1. The monoisotopic (exact) mass is 433 g/mol. The Morgan fingerprint density at radius 2 is 2.03 bits per heavy atom. The summed E-state index contributed by atoms with van der Waals surface area (Å²) in [5, 5.41) is 9.51. The normalized spacial score (nSPS) is 11.1. The molecule has 3 aromatic heterocycles. The largest absolute Gasteiger partial charge is 0.310 e. The van der Waals surface area contributed by atoms with Crippen LogP contribution in [0.1, 0.15) is 36.6 Å². The van der Waals surface area contributed by atoms with Crippen LogP contribution in [0.5, 0.6) is 0 Å². The van der Waals surface area contributed by atoms with E-state index in [9.17, 15) is 9.59 Å². The Labute approximate surface area is 183 Å². The van der Waals surface area contributed by atoms with Gasteiger partial charge in [-0.15, -0.1) is 11.3 Å². The number of aromatic nitrogens is 4. The first-order chi connectivity index (χ1) is 14.9. The highest BCUT2D eigenvalue weighted by Crippen LogP contribution is 2.27. The number of nitrogens with one attached hydrogen (secondary N) is 2. The number of carbonyl (C=O) groups is 1. The molecule has 8 heteroatoms. The second kappa shape index (κ2) is 8.69. The number of rotatable bonds is 6. The maximum atomic E-state index is 12.8. The number of aromatic amines is 1. The molecule has 0 aliphatic heterocycles. The number of amides is 1. The van der Waals surface area contributed by atoms with Crippen molar-refractivity contribution >= 4 is 23.1 Å². The molecule has 3 heterocycles. The molecule has 31 heavy (non-hydrogen) atoms. The van der Waals surface area contributed by atoms with Crippen LogP contribution >= 0.6 is 11.3 Å². The first-order valence-corrected chi connectivity index (χ1v) is 10.9. The molecule has 0 aliphatic rings. The minimum atomic E-state index is -0.265. The molecule has 0 radical (unpaired) electrons. The van der Waals surface area contributed by atoms with Gasteiger partial charge in [-0.05, 0) is 29.9 Å². The van der Waals surface area contributed by atoms with Crippen LogP contribution in [0.25, 0.3) is 16.5 Å². The van der Waals surface area contributed by atoms with Crippen LogP contribution in [0.4, 0.5) is 5.82 Å². The molecule has 0 fully saturated rings. The zero-order valence-corrected chi connectivity index (χ0v) is 18.4. The SMILES string of the molecule is Cc1cccc(CC(=O)Nc2cc(-c3cccs3)nn2-c2nc(C(C)C)cc(=O)[nH]2)c1. The molecule has 4 rings (SSSR count). The average Bonchev–Trinajstić information content (AvgIpc) is 3.37. The number of carbonyl (C=O) groups excluding carboxylic acids is 1.